The van der Waals surface area contributed by atoms with Crippen molar-refractivity contribution in [2.24, 2.45) is 21.7 Å². The van der Waals surface area contributed by atoms with Crippen molar-refractivity contribution in [2.75, 3.05) is 0 Å². The molecule has 2 N–H and O–H groups in total. The van der Waals surface area contributed by atoms with Gasteiger partial charge in [-0.2, -0.15) is 0 Å². The van der Waals surface area contributed by atoms with Crippen molar-refractivity contribution in [3.63, 3.8) is 0 Å². The number of benzene rings is 2. The minimum Gasteiger partial charge on any atom is -0.507 e. The van der Waals surface area contributed by atoms with Gasteiger partial charge in [-0.3, -0.25) is 14.6 Å². The molecular formula is C63H85NO4. The highest BCUT2D eigenvalue weighted by Gasteiger charge is 2.38. The average Bonchev–Trinajstić information content (AvgIpc) is 3.13. The number of nitrogens with zero attached hydrogens (tertiary/aromatic N) is 1. The molecule has 5 rings (SSSR count). The summed E-state index contributed by atoms with van der Waals surface area (Å²) in [7, 11) is 0. The molecule has 0 atom stereocenters. The largest absolute Gasteiger partial charge is 0.507 e. The van der Waals surface area contributed by atoms with Crippen LogP contribution in [0.2, 0.25) is 0 Å². The van der Waals surface area contributed by atoms with Crippen LogP contribution < -0.4 is 0 Å². The topological polar surface area (TPSA) is 87.5 Å². The van der Waals surface area contributed by atoms with Crippen molar-refractivity contribution < 1.29 is 19.8 Å². The van der Waals surface area contributed by atoms with Gasteiger partial charge in [-0.15, -0.1) is 0 Å². The van der Waals surface area contributed by atoms with Crippen LogP contribution in [0.4, 0.5) is 0 Å². The minimum atomic E-state index is -0.464. The van der Waals surface area contributed by atoms with Gasteiger partial charge in [0, 0.05) is 56.3 Å². The molecule has 0 saturated heterocycles. The molecule has 0 spiro atoms. The third kappa shape index (κ3) is 11.0. The number of allylic oxidation sites excluding steroid dienone is 10. The number of phenols is 2. The molecule has 1 heterocycles. The summed E-state index contributed by atoms with van der Waals surface area (Å²) in [5.41, 5.74) is 9.68. The van der Waals surface area contributed by atoms with Crippen LogP contribution in [0.5, 0.6) is 11.5 Å². The number of hydrogen-bond acceptors (Lipinski definition) is 5. The first-order valence-electron chi connectivity index (χ1n) is 24.7. The van der Waals surface area contributed by atoms with Crippen molar-refractivity contribution in [3.8, 4) is 11.5 Å². The van der Waals surface area contributed by atoms with Gasteiger partial charge in [0.25, 0.3) is 0 Å². The molecule has 0 unspecified atom stereocenters. The van der Waals surface area contributed by atoms with E-state index in [1.807, 2.05) is 6.20 Å². The lowest BCUT2D eigenvalue weighted by atomic mass is 9.70. The Morgan fingerprint density at radius 3 is 0.897 bits per heavy atom. The maximum atomic E-state index is 14.5. The smallest absolute Gasteiger partial charge is 0.186 e. The van der Waals surface area contributed by atoms with Crippen LogP contribution in [0.15, 0.2) is 100 Å². The van der Waals surface area contributed by atoms with Gasteiger partial charge >= 0.3 is 0 Å². The van der Waals surface area contributed by atoms with E-state index in [0.717, 1.165) is 83.5 Å². The Kier molecular flexibility index (Phi) is 13.8. The fraction of sp³-hybridized carbons (Fsp3) is 0.508. The summed E-state index contributed by atoms with van der Waals surface area (Å²) < 4.78 is 0. The van der Waals surface area contributed by atoms with E-state index in [-0.39, 0.29) is 17.3 Å². The fourth-order valence-corrected chi connectivity index (χ4v) is 9.30. The molecule has 68 heavy (non-hydrogen) atoms. The second kappa shape index (κ2) is 17.4. The number of carbonyl (C=O) groups is 2. The first-order valence-corrected chi connectivity index (χ1v) is 24.7. The van der Waals surface area contributed by atoms with Crippen molar-refractivity contribution in [1.29, 1.82) is 0 Å². The van der Waals surface area contributed by atoms with Gasteiger partial charge in [0.15, 0.2) is 11.6 Å². The highest BCUT2D eigenvalue weighted by atomic mass is 16.3. The quantitative estimate of drug-likeness (QED) is 0.272. The van der Waals surface area contributed by atoms with Gasteiger partial charge in [0.05, 0.1) is 5.69 Å². The molecule has 2 aromatic carbocycles. The van der Waals surface area contributed by atoms with E-state index in [9.17, 15) is 19.8 Å². The fourth-order valence-electron chi connectivity index (χ4n) is 9.30. The lowest BCUT2D eigenvalue weighted by Gasteiger charge is -2.33. The Bertz CT molecular complexity index is 2420. The lowest BCUT2D eigenvalue weighted by molar-refractivity contribution is -0.114. The molecule has 2 aliphatic carbocycles. The third-order valence-corrected chi connectivity index (χ3v) is 13.3. The summed E-state index contributed by atoms with van der Waals surface area (Å²) in [6, 6.07) is 12.7. The van der Waals surface area contributed by atoms with Crippen molar-refractivity contribution >= 4 is 22.7 Å². The summed E-state index contributed by atoms with van der Waals surface area (Å²) in [6.07, 6.45) is 10.2. The van der Waals surface area contributed by atoms with Crippen LogP contribution in [-0.2, 0) is 31.2 Å². The van der Waals surface area contributed by atoms with E-state index in [0.29, 0.717) is 11.4 Å². The average molecular weight is 920 g/mol. The Morgan fingerprint density at radius 2 is 0.632 bits per heavy atom. The molecule has 5 heteroatoms. The van der Waals surface area contributed by atoms with Gasteiger partial charge in [-0.1, -0.05) is 166 Å². The summed E-state index contributed by atoms with van der Waals surface area (Å²) >= 11 is 0. The first kappa shape index (κ1) is 53.9. The molecule has 0 radical (unpaired) electrons. The van der Waals surface area contributed by atoms with E-state index in [4.69, 9.17) is 4.98 Å². The number of pyridine rings is 1. The predicted octanol–water partition coefficient (Wildman–Crippen LogP) is 16.3. The Labute approximate surface area is 411 Å². The number of Topliss-reactive ketones (excluding diaryl/α,β-unsaturated/α-hetero) is 2. The maximum Gasteiger partial charge on any atom is 0.186 e. The van der Waals surface area contributed by atoms with Gasteiger partial charge in [0.2, 0.25) is 0 Å². The molecule has 5 nitrogen and oxygen atoms in total. The number of carbonyl (C=O) groups excluding carboxylic acids is 2. The normalized spacial score (nSPS) is 16.1. The molecule has 3 aromatic rings. The van der Waals surface area contributed by atoms with Gasteiger partial charge in [0.1, 0.15) is 11.5 Å². The number of hydrogen-bond donors (Lipinski definition) is 2. The zero-order chi connectivity index (χ0) is 52.0. The van der Waals surface area contributed by atoms with Gasteiger partial charge in [-0.25, -0.2) is 0 Å². The molecule has 0 aliphatic heterocycles. The zero-order valence-electron chi connectivity index (χ0n) is 46.5. The standard InChI is InChI=1S/C63H85NO4/c1-56(2,3)41-27-37(28-42(52(41)65)57(4,5)6)50(38-29-43(58(7,8)9)53(66)44(30-38)59(10,11)12)36-25-26-64-49(35-36)51(39-31-45(60(13,14)15)54(67)46(32-39)61(16,17)18)40-33-47(62(19,20)21)55(68)48(34-40)63(22,23)24/h25-35,65,67H,1-24H3. The summed E-state index contributed by atoms with van der Waals surface area (Å²) in [6.45, 7) is 50.7. The highest BCUT2D eigenvalue weighted by molar-refractivity contribution is 6.14. The summed E-state index contributed by atoms with van der Waals surface area (Å²) in [5.74, 6) is 0.680. The molecule has 0 saturated carbocycles. The molecule has 366 valence electrons. The number of aromatic hydroxyl groups is 2. The monoisotopic (exact) mass is 920 g/mol. The first-order chi connectivity index (χ1) is 30.5. The van der Waals surface area contributed by atoms with Crippen molar-refractivity contribution in [2.45, 2.75) is 188 Å². The zero-order valence-corrected chi connectivity index (χ0v) is 46.5. The molecule has 0 bridgehead atoms. The van der Waals surface area contributed by atoms with Crippen LogP contribution in [-0.4, -0.2) is 26.8 Å². The maximum absolute atomic E-state index is 14.5. The molecule has 0 fully saturated rings. The molecular weight excluding hydrogens is 835 g/mol. The minimum absolute atomic E-state index is 0.0460. The van der Waals surface area contributed by atoms with E-state index in [1.165, 1.54) is 0 Å². The SMILES string of the molecule is CC(C)(C)C1=CC(=C(c2ccnc(C(=C3C=C(C(C)(C)C)C(=O)C(C(C)(C)C)=C3)c3cc(C(C)(C)C)c(O)c(C(C)(C)C)c3)c2)c2cc(C(C)(C)C)c(O)c(C(C)(C)C)c2)C=C(C(C)(C)C)C1=O. The van der Waals surface area contributed by atoms with E-state index >= 15 is 0 Å². The van der Waals surface area contributed by atoms with Crippen molar-refractivity contribution in [3.05, 3.63) is 145 Å². The summed E-state index contributed by atoms with van der Waals surface area (Å²) in [5, 5.41) is 24.1. The predicted molar refractivity (Wildman–Crippen MR) is 287 cm³/mol. The third-order valence-electron chi connectivity index (χ3n) is 13.3. The second-order valence-electron chi connectivity index (χ2n) is 27.8. The number of aromatic nitrogens is 1. The molecule has 0 amide bonds. The number of phenolic OH excluding ortho intramolecular Hbond substituents is 2. The molecule has 1 aromatic heterocycles. The van der Waals surface area contributed by atoms with Crippen LogP contribution in [0.1, 0.15) is 211 Å². The van der Waals surface area contributed by atoms with E-state index in [2.05, 4.69) is 227 Å². The summed E-state index contributed by atoms with van der Waals surface area (Å²) in [4.78, 5) is 34.3. The van der Waals surface area contributed by atoms with Crippen LogP contribution in [0.25, 0.3) is 11.1 Å². The Balaban J connectivity index is 2.13. The van der Waals surface area contributed by atoms with Crippen LogP contribution in [0, 0.1) is 21.7 Å². The highest BCUT2D eigenvalue weighted by Crippen LogP contribution is 2.49. The Hall–Kier alpha value is -5.03. The number of ketones is 2. The van der Waals surface area contributed by atoms with Gasteiger partial charge < -0.3 is 10.2 Å². The number of rotatable bonds is 4. The van der Waals surface area contributed by atoms with E-state index < -0.39 is 43.3 Å². The molecule has 2 aliphatic rings. The van der Waals surface area contributed by atoms with Crippen LogP contribution >= 0.6 is 0 Å². The Morgan fingerprint density at radius 1 is 0.368 bits per heavy atom. The second-order valence-corrected chi connectivity index (χ2v) is 27.8. The van der Waals surface area contributed by atoms with Crippen LogP contribution in [0.3, 0.4) is 0 Å². The van der Waals surface area contributed by atoms with E-state index in [1.54, 1.807) is 0 Å². The lowest BCUT2D eigenvalue weighted by Crippen LogP contribution is -2.28. The van der Waals surface area contributed by atoms with Crippen molar-refractivity contribution in [1.82, 2.24) is 4.98 Å². The van der Waals surface area contributed by atoms with Gasteiger partial charge in [-0.05, 0) is 137 Å².